The molecule has 0 amide bonds. The highest BCUT2D eigenvalue weighted by Crippen LogP contribution is 2.50. The molecule has 0 saturated heterocycles. The van der Waals surface area contributed by atoms with Gasteiger partial charge in [-0.05, 0) is 52.4 Å². The van der Waals surface area contributed by atoms with E-state index in [0.29, 0.717) is 5.54 Å². The Hall–Kier alpha value is -0.600. The summed E-state index contributed by atoms with van der Waals surface area (Å²) in [6.45, 7) is 6.92. The van der Waals surface area contributed by atoms with E-state index in [2.05, 4.69) is 30.5 Å². The predicted octanol–water partition coefficient (Wildman–Crippen LogP) is 2.54. The third-order valence-corrected chi connectivity index (χ3v) is 4.31. The molecular weight excluding hydrogens is 164 g/mol. The quantitative estimate of drug-likeness (QED) is 0.604. The molecule has 2 aliphatic heterocycles. The van der Waals surface area contributed by atoms with E-state index < -0.39 is 0 Å². The lowest BCUT2D eigenvalue weighted by Gasteiger charge is -2.34. The molecule has 4 rings (SSSR count). The van der Waals surface area contributed by atoms with E-state index >= 15 is 0 Å². The van der Waals surface area contributed by atoms with E-state index in [1.54, 1.807) is 0 Å². The molecule has 13 heavy (non-hydrogen) atoms. The fourth-order valence-electron chi connectivity index (χ4n) is 3.01. The van der Waals surface area contributed by atoms with Crippen LogP contribution >= 0.6 is 0 Å². The zero-order chi connectivity index (χ0) is 9.27. The van der Waals surface area contributed by atoms with Crippen molar-refractivity contribution in [3.63, 3.8) is 0 Å². The molecule has 0 aromatic carbocycles. The van der Waals surface area contributed by atoms with Crippen LogP contribution in [0.5, 0.6) is 0 Å². The van der Waals surface area contributed by atoms with Crippen LogP contribution in [0.25, 0.3) is 0 Å². The van der Waals surface area contributed by atoms with Gasteiger partial charge in [0.25, 0.3) is 0 Å². The molecule has 3 nitrogen and oxygen atoms in total. The maximum absolute atomic E-state index is 5.58. The molecule has 1 fully saturated rings. The fraction of sp³-hybridized carbons (Fsp3) is 1.00. The maximum Gasteiger partial charge on any atom is 0.0980 e. The molecule has 1 aliphatic carbocycles. The minimum atomic E-state index is 0.217. The topological polar surface area (TPSA) is 23.0 Å². The lowest BCUT2D eigenvalue weighted by Crippen LogP contribution is -2.33. The zero-order valence-corrected chi connectivity index (χ0v) is 8.71. The first-order valence-corrected chi connectivity index (χ1v) is 5.32. The molecule has 1 aromatic rings. The molecule has 0 spiro atoms. The van der Waals surface area contributed by atoms with Crippen LogP contribution in [0.15, 0.2) is 4.63 Å². The summed E-state index contributed by atoms with van der Waals surface area (Å²) in [5.41, 5.74) is 0.512. The average molecular weight is 182 g/mol. The smallest absolute Gasteiger partial charge is 0.0980 e. The molecular formula is C10H18N2O. The van der Waals surface area contributed by atoms with Crippen molar-refractivity contribution in [3.05, 3.63) is 0 Å². The van der Waals surface area contributed by atoms with E-state index in [1.807, 2.05) is 0 Å². The number of hydrogen-bond donors (Lipinski definition) is 0. The number of hydrogen-bond acceptors (Lipinski definition) is 1. The highest BCUT2D eigenvalue weighted by molar-refractivity contribution is 4.96. The summed E-state index contributed by atoms with van der Waals surface area (Å²) in [5, 5.41) is 0. The van der Waals surface area contributed by atoms with Crippen LogP contribution in [0.1, 0.15) is 46.5 Å². The summed E-state index contributed by atoms with van der Waals surface area (Å²) < 4.78 is 5.58. The minimum Gasteiger partial charge on any atom is -0.253 e. The van der Waals surface area contributed by atoms with Crippen LogP contribution in [0.2, 0.25) is 0 Å². The van der Waals surface area contributed by atoms with Crippen molar-refractivity contribution in [2.45, 2.75) is 57.5 Å². The molecule has 0 unspecified atom stereocenters. The van der Waals surface area contributed by atoms with Crippen LogP contribution in [0, 0.1) is 5.92 Å². The number of fused-ring (bicyclic) bond motifs is 2. The lowest BCUT2D eigenvalue weighted by molar-refractivity contribution is 0.0875. The van der Waals surface area contributed by atoms with Gasteiger partial charge in [0.05, 0.1) is 11.1 Å². The van der Waals surface area contributed by atoms with Crippen molar-refractivity contribution < 1.29 is 4.63 Å². The normalized spacial score (nSPS) is 41.9. The molecule has 3 heterocycles. The van der Waals surface area contributed by atoms with Gasteiger partial charge in [-0.2, -0.15) is 0 Å². The van der Waals surface area contributed by atoms with Gasteiger partial charge >= 0.3 is 0 Å². The van der Waals surface area contributed by atoms with Gasteiger partial charge < -0.3 is 0 Å². The van der Waals surface area contributed by atoms with Crippen molar-refractivity contribution in [2.75, 3.05) is 0 Å². The summed E-state index contributed by atoms with van der Waals surface area (Å²) in [5.74, 6) is 0.813. The molecule has 0 atom stereocenters. The highest BCUT2D eigenvalue weighted by Gasteiger charge is 2.52. The highest BCUT2D eigenvalue weighted by atomic mass is 16.8. The molecule has 1 saturated carbocycles. The van der Waals surface area contributed by atoms with E-state index in [9.17, 15) is 0 Å². The maximum atomic E-state index is 5.58. The molecule has 2 bridgehead atoms. The number of aromatic nitrogens is 2. The first kappa shape index (κ1) is 7.77. The Bertz CT molecular complexity index is 315. The van der Waals surface area contributed by atoms with Gasteiger partial charge in [0.2, 0.25) is 0 Å². The Morgan fingerprint density at radius 3 is 2.31 bits per heavy atom. The van der Waals surface area contributed by atoms with Gasteiger partial charge in [-0.1, -0.05) is 9.71 Å². The van der Waals surface area contributed by atoms with E-state index in [-0.39, 0.29) is 5.54 Å². The van der Waals surface area contributed by atoms with Gasteiger partial charge in [-0.25, -0.2) is 0 Å². The molecule has 3 heteroatoms. The third-order valence-electron chi connectivity index (χ3n) is 4.31. The summed E-state index contributed by atoms with van der Waals surface area (Å²) in [4.78, 5) is 4.21. The van der Waals surface area contributed by atoms with Gasteiger partial charge in [-0.15, -0.1) is 0 Å². The van der Waals surface area contributed by atoms with Crippen molar-refractivity contribution in [1.82, 2.24) is 9.71 Å². The Morgan fingerprint density at radius 2 is 1.69 bits per heavy atom. The molecule has 0 N–H and O–H groups in total. The van der Waals surface area contributed by atoms with Gasteiger partial charge in [0.15, 0.2) is 0 Å². The second-order valence-electron chi connectivity index (χ2n) is 5.55. The molecule has 74 valence electrons. The van der Waals surface area contributed by atoms with Crippen LogP contribution in [-0.2, 0) is 11.1 Å². The first-order valence-electron chi connectivity index (χ1n) is 5.32. The molecule has 0 radical (unpaired) electrons. The Balaban J connectivity index is 2.11. The van der Waals surface area contributed by atoms with Gasteiger partial charge in [0.1, 0.15) is 0 Å². The van der Waals surface area contributed by atoms with Gasteiger partial charge in [0, 0.05) is 0 Å². The summed E-state index contributed by atoms with van der Waals surface area (Å²) in [6, 6.07) is 0. The fourth-order valence-corrected chi connectivity index (χ4v) is 3.01. The summed E-state index contributed by atoms with van der Waals surface area (Å²) >= 11 is 0. The van der Waals surface area contributed by atoms with E-state index in [1.165, 1.54) is 25.7 Å². The van der Waals surface area contributed by atoms with Crippen molar-refractivity contribution in [1.29, 1.82) is 0 Å². The molecule has 1 aromatic heterocycles. The SMILES string of the molecule is CC12CCC(CC1)C(C)(C)n1on12. The van der Waals surface area contributed by atoms with Gasteiger partial charge in [-0.3, -0.25) is 4.63 Å². The molecule has 3 aliphatic rings. The number of rotatable bonds is 0. The first-order chi connectivity index (χ1) is 6.04. The van der Waals surface area contributed by atoms with Crippen LogP contribution in [0.3, 0.4) is 0 Å². The average Bonchev–Trinajstić information content (AvgIpc) is 2.83. The lowest BCUT2D eigenvalue weighted by atomic mass is 9.72. The zero-order valence-electron chi connectivity index (χ0n) is 8.71. The second kappa shape index (κ2) is 1.91. The van der Waals surface area contributed by atoms with Crippen molar-refractivity contribution in [3.8, 4) is 0 Å². The van der Waals surface area contributed by atoms with Crippen molar-refractivity contribution >= 4 is 0 Å². The standard InChI is InChI=1S/C10H18N2O/c1-9(2)8-4-6-10(3,7-5-8)12-11(9)13-12/h8H,4-7H2,1-3H3. The van der Waals surface area contributed by atoms with Crippen molar-refractivity contribution in [2.24, 2.45) is 5.92 Å². The second-order valence-corrected chi connectivity index (χ2v) is 5.55. The van der Waals surface area contributed by atoms with Crippen LogP contribution in [0.4, 0.5) is 0 Å². The number of nitrogens with zero attached hydrogens (tertiary/aromatic N) is 2. The van der Waals surface area contributed by atoms with E-state index in [4.69, 9.17) is 4.63 Å². The van der Waals surface area contributed by atoms with E-state index in [0.717, 1.165) is 5.92 Å². The third kappa shape index (κ3) is 0.804. The van der Waals surface area contributed by atoms with Crippen LogP contribution in [-0.4, -0.2) is 9.71 Å². The summed E-state index contributed by atoms with van der Waals surface area (Å²) in [6.07, 6.45) is 5.30. The minimum absolute atomic E-state index is 0.217. The Kier molecular flexibility index (Phi) is 1.14. The predicted molar refractivity (Wildman–Crippen MR) is 49.6 cm³/mol. The monoisotopic (exact) mass is 182 g/mol. The largest absolute Gasteiger partial charge is 0.253 e. The summed E-state index contributed by atoms with van der Waals surface area (Å²) in [7, 11) is 0. The Morgan fingerprint density at radius 1 is 1.08 bits per heavy atom. The Labute approximate surface area is 78.6 Å². The van der Waals surface area contributed by atoms with Crippen LogP contribution < -0.4 is 0 Å².